The number of nitrogens with two attached hydrogens (primary N) is 1. The number of nitrogens with zero attached hydrogens (tertiary/aromatic N) is 5. The van der Waals surface area contributed by atoms with Gasteiger partial charge in [0.15, 0.2) is 5.82 Å². The molecule has 218 valence electrons. The van der Waals surface area contributed by atoms with Gasteiger partial charge in [-0.3, -0.25) is 14.2 Å². The van der Waals surface area contributed by atoms with Gasteiger partial charge in [0.05, 0.1) is 51.0 Å². The predicted octanol–water partition coefficient (Wildman–Crippen LogP) is 3.52. The third kappa shape index (κ3) is 6.45. The van der Waals surface area contributed by atoms with E-state index < -0.39 is 71.9 Å². The first-order valence-electron chi connectivity index (χ1n) is 13.2. The molecule has 0 unspecified atom stereocenters. The van der Waals surface area contributed by atoms with Crippen molar-refractivity contribution in [2.45, 2.75) is 38.0 Å². The molecule has 3 aromatic heterocycles. The molecule has 11 nitrogen and oxygen atoms in total. The minimum atomic E-state index is -5.05. The third-order valence-electron chi connectivity index (χ3n) is 5.97. The molecule has 0 aliphatic rings. The molecule has 4 rings (SSSR count). The first-order chi connectivity index (χ1) is 20.5. The molecule has 0 saturated heterocycles. The Labute approximate surface area is 230 Å². The summed E-state index contributed by atoms with van der Waals surface area (Å²) < 4.78 is 109. The minimum absolute atomic E-state index is 0.0230. The van der Waals surface area contributed by atoms with E-state index in [1.54, 1.807) is 5.10 Å². The Kier molecular flexibility index (Phi) is 7.39. The monoisotopic (exact) mass is 587 g/mol. The maximum atomic E-state index is 15.0. The maximum Gasteiger partial charge on any atom is 0.423 e. The number of H-pyrrole nitrogens is 1. The van der Waals surface area contributed by atoms with Crippen LogP contribution in [0, 0.1) is 5.82 Å². The maximum absolute atomic E-state index is 15.0. The standard InChI is InChI=1S/C24H22F6N8O3/c1-41-9-11(35-17-8-34-37-22(39)18(17)24(28,29)30)3-2-4-38-10-33-16-6-12(15(25)5-13(16)23(38)40)21-32-7-14(19(26)27)20(31)36-21/h5-8,10-11,19H,2-4,9H2,1H3,(H2,31,32,36)(H2,35,37,39)/t11-/m1/s1/i1D3. The topological polar surface area (TPSA) is 154 Å². The second kappa shape index (κ2) is 11.9. The van der Waals surface area contributed by atoms with Crippen LogP contribution < -0.4 is 22.2 Å². The van der Waals surface area contributed by atoms with Crippen molar-refractivity contribution in [3.8, 4) is 11.4 Å². The highest BCUT2D eigenvalue weighted by Gasteiger charge is 2.37. The van der Waals surface area contributed by atoms with E-state index in [0.717, 1.165) is 35.4 Å². The van der Waals surface area contributed by atoms with Crippen molar-refractivity contribution < 1.29 is 35.2 Å². The van der Waals surface area contributed by atoms with E-state index in [2.05, 4.69) is 25.4 Å². The molecule has 3 heterocycles. The number of hydrogen-bond acceptors (Lipinski definition) is 9. The lowest BCUT2D eigenvalue weighted by atomic mass is 10.1. The molecule has 17 heteroatoms. The van der Waals surface area contributed by atoms with Gasteiger partial charge in [-0.05, 0) is 25.0 Å². The molecule has 0 amide bonds. The number of nitrogen functional groups attached to an aromatic ring is 1. The van der Waals surface area contributed by atoms with Gasteiger partial charge in [-0.1, -0.05) is 0 Å². The van der Waals surface area contributed by atoms with Crippen LogP contribution in [0.15, 0.2) is 40.4 Å². The molecule has 1 aromatic carbocycles. The number of methoxy groups -OCH3 is 1. The summed E-state index contributed by atoms with van der Waals surface area (Å²) in [4.78, 5) is 36.4. The zero-order valence-electron chi connectivity index (χ0n) is 23.7. The van der Waals surface area contributed by atoms with Gasteiger partial charge in [-0.2, -0.15) is 18.3 Å². The molecule has 41 heavy (non-hydrogen) atoms. The second-order valence-electron chi connectivity index (χ2n) is 8.71. The van der Waals surface area contributed by atoms with Crippen molar-refractivity contribution in [3.63, 3.8) is 0 Å². The number of fused-ring (bicyclic) bond motifs is 1. The number of aromatic nitrogens is 6. The molecule has 1 atom stereocenters. The third-order valence-corrected chi connectivity index (χ3v) is 5.97. The fourth-order valence-corrected chi connectivity index (χ4v) is 4.03. The van der Waals surface area contributed by atoms with E-state index in [1.807, 2.05) is 0 Å². The Morgan fingerprint density at radius 3 is 2.68 bits per heavy atom. The van der Waals surface area contributed by atoms with Crippen LogP contribution in [0.3, 0.4) is 0 Å². The summed E-state index contributed by atoms with van der Waals surface area (Å²) in [6.45, 7) is -0.671. The Morgan fingerprint density at radius 1 is 1.22 bits per heavy atom. The fourth-order valence-electron chi connectivity index (χ4n) is 4.03. The Bertz CT molecular complexity index is 1780. The van der Waals surface area contributed by atoms with Crippen molar-refractivity contribution in [2.75, 3.05) is 24.7 Å². The number of halogens is 6. The van der Waals surface area contributed by atoms with E-state index in [4.69, 9.17) is 14.6 Å². The lowest BCUT2D eigenvalue weighted by Gasteiger charge is -2.21. The van der Waals surface area contributed by atoms with Gasteiger partial charge in [0, 0.05) is 25.8 Å². The molecule has 0 radical (unpaired) electrons. The number of aryl methyl sites for hydroxylation is 1. The molecule has 0 aliphatic carbocycles. The molecule has 0 fully saturated rings. The molecule has 0 saturated carbocycles. The van der Waals surface area contributed by atoms with Gasteiger partial charge in [-0.15, -0.1) is 0 Å². The molecular weight excluding hydrogens is 562 g/mol. The molecule has 0 bridgehead atoms. The lowest BCUT2D eigenvalue weighted by molar-refractivity contribution is -0.138. The van der Waals surface area contributed by atoms with Crippen LogP contribution in [0.1, 0.15) is 34.5 Å². The van der Waals surface area contributed by atoms with Gasteiger partial charge >= 0.3 is 6.18 Å². The number of hydrogen-bond donors (Lipinski definition) is 3. The first-order valence-corrected chi connectivity index (χ1v) is 11.7. The summed E-state index contributed by atoms with van der Waals surface area (Å²) in [5.41, 5.74) is 0.198. The van der Waals surface area contributed by atoms with Crippen LogP contribution in [0.5, 0.6) is 0 Å². The molecule has 0 aliphatic heterocycles. The lowest BCUT2D eigenvalue weighted by Crippen LogP contribution is -2.31. The van der Waals surface area contributed by atoms with Gasteiger partial charge in [0.2, 0.25) is 0 Å². The normalized spacial score (nSPS) is 14.1. The van der Waals surface area contributed by atoms with Crippen molar-refractivity contribution in [2.24, 2.45) is 0 Å². The van der Waals surface area contributed by atoms with Gasteiger partial charge in [0.1, 0.15) is 17.2 Å². The number of alkyl halides is 5. The summed E-state index contributed by atoms with van der Waals surface area (Å²) in [6, 6.07) is 0.935. The van der Waals surface area contributed by atoms with E-state index in [1.165, 1.54) is 0 Å². The molecule has 4 N–H and O–H groups in total. The van der Waals surface area contributed by atoms with Gasteiger partial charge in [0.25, 0.3) is 17.5 Å². The van der Waals surface area contributed by atoms with Gasteiger partial charge in [-0.25, -0.2) is 33.2 Å². The highest BCUT2D eigenvalue weighted by molar-refractivity contribution is 5.82. The average Bonchev–Trinajstić information content (AvgIpc) is 2.91. The molecule has 4 aromatic rings. The largest absolute Gasteiger partial charge is 0.423 e. The van der Waals surface area contributed by atoms with Crippen LogP contribution in [-0.2, 0) is 17.5 Å². The van der Waals surface area contributed by atoms with E-state index in [0.29, 0.717) is 0 Å². The zero-order chi connectivity index (χ0) is 32.4. The highest BCUT2D eigenvalue weighted by Crippen LogP contribution is 2.32. The summed E-state index contributed by atoms with van der Waals surface area (Å²) in [6.07, 6.45) is -5.36. The van der Waals surface area contributed by atoms with Crippen molar-refractivity contribution in [1.29, 1.82) is 0 Å². The molecule has 0 spiro atoms. The van der Waals surface area contributed by atoms with Gasteiger partial charge < -0.3 is 15.8 Å². The second-order valence-corrected chi connectivity index (χ2v) is 8.71. The fraction of sp³-hybridized carbons (Fsp3) is 0.333. The van der Waals surface area contributed by atoms with E-state index in [9.17, 15) is 35.9 Å². The Morgan fingerprint density at radius 2 is 2.00 bits per heavy atom. The number of benzene rings is 1. The number of anilines is 2. The number of aromatic amines is 1. The first kappa shape index (κ1) is 25.4. The number of ether oxygens (including phenoxy) is 1. The SMILES string of the molecule is [2H]C([2H])([2H])OC[C@@H](CCCn1cnc2cc(-c3ncc(C(F)F)c(N)n3)c(F)cc2c1=O)Nc1cn[nH]c(=O)c1C(F)(F)F. The van der Waals surface area contributed by atoms with E-state index in [-0.39, 0.29) is 41.7 Å². The quantitative estimate of drug-likeness (QED) is 0.237. The zero-order valence-corrected chi connectivity index (χ0v) is 20.7. The van der Waals surface area contributed by atoms with Crippen LogP contribution in [-0.4, -0.2) is 49.4 Å². The minimum Gasteiger partial charge on any atom is -0.383 e. The van der Waals surface area contributed by atoms with Crippen molar-refractivity contribution in [3.05, 3.63) is 68.5 Å². The van der Waals surface area contributed by atoms with Crippen LogP contribution in [0.25, 0.3) is 22.3 Å². The van der Waals surface area contributed by atoms with Crippen molar-refractivity contribution in [1.82, 2.24) is 29.7 Å². The Balaban J connectivity index is 1.55. The highest BCUT2D eigenvalue weighted by atomic mass is 19.4. The number of rotatable bonds is 10. The van der Waals surface area contributed by atoms with Crippen LogP contribution in [0.2, 0.25) is 0 Å². The van der Waals surface area contributed by atoms with Crippen molar-refractivity contribution >= 4 is 22.4 Å². The summed E-state index contributed by atoms with van der Waals surface area (Å²) in [5, 5.41) is 7.34. The summed E-state index contributed by atoms with van der Waals surface area (Å²) in [7, 11) is -2.87. The summed E-state index contributed by atoms with van der Waals surface area (Å²) >= 11 is 0. The van der Waals surface area contributed by atoms with E-state index >= 15 is 0 Å². The summed E-state index contributed by atoms with van der Waals surface area (Å²) in [5.74, 6) is -1.81. The average molecular weight is 587 g/mol. The Hall–Kier alpha value is -4.54. The van der Waals surface area contributed by atoms with Crippen LogP contribution in [0.4, 0.5) is 37.8 Å². The number of nitrogens with one attached hydrogen (secondary N) is 2. The van der Waals surface area contributed by atoms with Crippen LogP contribution >= 0.6 is 0 Å². The smallest absolute Gasteiger partial charge is 0.383 e. The predicted molar refractivity (Wildman–Crippen MR) is 135 cm³/mol. The molecular formula is C24H22F6N8O3.